The average Bonchev–Trinajstić information content (AvgIpc) is 2.54. The zero-order valence-electron chi connectivity index (χ0n) is 13.0. The minimum atomic E-state index is 0.561. The van der Waals surface area contributed by atoms with Gasteiger partial charge in [0, 0.05) is 13.1 Å². The summed E-state index contributed by atoms with van der Waals surface area (Å²) in [7, 11) is 1.65. The van der Waals surface area contributed by atoms with Crippen LogP contribution in [0.25, 0.3) is 0 Å². The number of hydrogen-bond donors (Lipinski definition) is 1. The van der Waals surface area contributed by atoms with Gasteiger partial charge >= 0.3 is 0 Å². The Kier molecular flexibility index (Phi) is 5.72. The number of nitrogens with two attached hydrogens (primary N) is 1. The van der Waals surface area contributed by atoms with Crippen LogP contribution in [0.15, 0.2) is 23.2 Å². The number of benzene rings is 1. The lowest BCUT2D eigenvalue weighted by Gasteiger charge is -2.27. The minimum Gasteiger partial charge on any atom is -0.493 e. The van der Waals surface area contributed by atoms with Crippen LogP contribution in [0.3, 0.4) is 0 Å². The molecule has 1 aliphatic heterocycles. The van der Waals surface area contributed by atoms with Crippen LogP contribution >= 0.6 is 0 Å². The molecule has 1 aromatic carbocycles. The summed E-state index contributed by atoms with van der Waals surface area (Å²) in [4.78, 5) is 6.66. The average molecular weight is 291 g/mol. The molecule has 0 atom stereocenters. The van der Waals surface area contributed by atoms with Gasteiger partial charge in [-0.2, -0.15) is 0 Å². The van der Waals surface area contributed by atoms with Gasteiger partial charge in [0.05, 0.1) is 20.3 Å². The van der Waals surface area contributed by atoms with E-state index in [2.05, 4.69) is 9.89 Å². The Morgan fingerprint density at radius 3 is 2.67 bits per heavy atom. The van der Waals surface area contributed by atoms with Crippen molar-refractivity contribution in [2.75, 3.05) is 26.8 Å². The molecule has 1 fully saturated rings. The molecule has 1 aromatic rings. The molecule has 5 nitrogen and oxygen atoms in total. The molecule has 0 spiro atoms. The third-order valence-corrected chi connectivity index (χ3v) is 3.63. The van der Waals surface area contributed by atoms with Crippen molar-refractivity contribution < 1.29 is 9.47 Å². The molecule has 0 aromatic heterocycles. The molecule has 21 heavy (non-hydrogen) atoms. The maximum absolute atomic E-state index is 6.06. The van der Waals surface area contributed by atoms with E-state index < -0.39 is 0 Å². The molecular formula is C16H25N3O2. The van der Waals surface area contributed by atoms with Crippen LogP contribution in [0.2, 0.25) is 0 Å². The van der Waals surface area contributed by atoms with Gasteiger partial charge in [0.2, 0.25) is 0 Å². The van der Waals surface area contributed by atoms with Crippen molar-refractivity contribution >= 4 is 5.96 Å². The van der Waals surface area contributed by atoms with Crippen LogP contribution < -0.4 is 15.2 Å². The fraction of sp³-hybridized carbons (Fsp3) is 0.562. The van der Waals surface area contributed by atoms with Gasteiger partial charge in [0.25, 0.3) is 0 Å². The Bertz CT molecular complexity index is 482. The molecular weight excluding hydrogens is 266 g/mol. The van der Waals surface area contributed by atoms with Crippen molar-refractivity contribution in [1.82, 2.24) is 4.90 Å². The topological polar surface area (TPSA) is 60.1 Å². The van der Waals surface area contributed by atoms with Gasteiger partial charge in [-0.25, -0.2) is 4.99 Å². The SMILES string of the molecule is CCOc1ccc(CN=C(N)N2CCCCC2)cc1OC. The van der Waals surface area contributed by atoms with E-state index in [4.69, 9.17) is 15.2 Å². The summed E-state index contributed by atoms with van der Waals surface area (Å²) in [6.07, 6.45) is 3.69. The first kappa shape index (κ1) is 15.5. The molecule has 0 aliphatic carbocycles. The predicted molar refractivity (Wildman–Crippen MR) is 84.9 cm³/mol. The van der Waals surface area contributed by atoms with Crippen LogP contribution in [0.1, 0.15) is 31.7 Å². The quantitative estimate of drug-likeness (QED) is 0.668. The highest BCUT2D eigenvalue weighted by atomic mass is 16.5. The van der Waals surface area contributed by atoms with Gasteiger partial charge in [-0.3, -0.25) is 0 Å². The smallest absolute Gasteiger partial charge is 0.191 e. The van der Waals surface area contributed by atoms with Gasteiger partial charge in [0.1, 0.15) is 0 Å². The fourth-order valence-electron chi connectivity index (χ4n) is 2.48. The number of methoxy groups -OCH3 is 1. The summed E-state index contributed by atoms with van der Waals surface area (Å²) >= 11 is 0. The highest BCUT2D eigenvalue weighted by Crippen LogP contribution is 2.28. The van der Waals surface area contributed by atoms with E-state index in [1.54, 1.807) is 7.11 Å². The number of ether oxygens (including phenoxy) is 2. The molecule has 1 saturated heterocycles. The molecule has 0 bridgehead atoms. The number of rotatable bonds is 5. The molecule has 2 N–H and O–H groups in total. The second-order valence-corrected chi connectivity index (χ2v) is 5.14. The second kappa shape index (κ2) is 7.76. The van der Waals surface area contributed by atoms with Crippen LogP contribution in [0.4, 0.5) is 0 Å². The molecule has 5 heteroatoms. The number of nitrogens with zero attached hydrogens (tertiary/aromatic N) is 2. The third-order valence-electron chi connectivity index (χ3n) is 3.63. The van der Waals surface area contributed by atoms with Crippen LogP contribution in [-0.4, -0.2) is 37.7 Å². The predicted octanol–water partition coefficient (Wildman–Crippen LogP) is 2.39. The Morgan fingerprint density at radius 1 is 1.24 bits per heavy atom. The minimum absolute atomic E-state index is 0.561. The van der Waals surface area contributed by atoms with Gasteiger partial charge in [-0.1, -0.05) is 6.07 Å². The van der Waals surface area contributed by atoms with E-state index in [-0.39, 0.29) is 0 Å². The number of likely N-dealkylation sites (tertiary alicyclic amines) is 1. The number of guanidine groups is 1. The van der Waals surface area contributed by atoms with E-state index in [1.165, 1.54) is 19.3 Å². The Hall–Kier alpha value is -1.91. The normalized spacial score (nSPS) is 15.9. The molecule has 0 radical (unpaired) electrons. The van der Waals surface area contributed by atoms with Crippen molar-refractivity contribution in [3.05, 3.63) is 23.8 Å². The number of piperidine rings is 1. The lowest BCUT2D eigenvalue weighted by Crippen LogP contribution is -2.40. The molecule has 0 unspecified atom stereocenters. The zero-order chi connectivity index (χ0) is 15.1. The van der Waals surface area contributed by atoms with E-state index in [0.29, 0.717) is 19.1 Å². The highest BCUT2D eigenvalue weighted by Gasteiger charge is 2.12. The maximum atomic E-state index is 6.06. The molecule has 2 rings (SSSR count). The fourth-order valence-corrected chi connectivity index (χ4v) is 2.48. The van der Waals surface area contributed by atoms with Crippen LogP contribution in [0.5, 0.6) is 11.5 Å². The first-order chi connectivity index (χ1) is 10.2. The largest absolute Gasteiger partial charge is 0.493 e. The van der Waals surface area contributed by atoms with E-state index in [1.807, 2.05) is 25.1 Å². The summed E-state index contributed by atoms with van der Waals surface area (Å²) in [5.74, 6) is 2.14. The van der Waals surface area contributed by atoms with Crippen molar-refractivity contribution in [2.45, 2.75) is 32.7 Å². The highest BCUT2D eigenvalue weighted by molar-refractivity contribution is 5.78. The number of aliphatic imine (C=N–C) groups is 1. The van der Waals surface area contributed by atoms with E-state index in [0.717, 1.165) is 30.2 Å². The molecule has 0 amide bonds. The summed E-state index contributed by atoms with van der Waals surface area (Å²) in [6.45, 7) is 5.17. The molecule has 1 heterocycles. The summed E-state index contributed by atoms with van der Waals surface area (Å²) < 4.78 is 10.9. The summed E-state index contributed by atoms with van der Waals surface area (Å²) in [5.41, 5.74) is 7.13. The molecule has 1 aliphatic rings. The first-order valence-electron chi connectivity index (χ1n) is 7.59. The Labute approximate surface area is 126 Å². The number of hydrogen-bond acceptors (Lipinski definition) is 3. The standard InChI is InChI=1S/C16H25N3O2/c1-3-21-14-8-7-13(11-15(14)20-2)12-18-16(17)19-9-5-4-6-10-19/h7-8,11H,3-6,9-10,12H2,1-2H3,(H2,17,18). The lowest BCUT2D eigenvalue weighted by molar-refractivity contribution is 0.310. The lowest BCUT2D eigenvalue weighted by atomic mass is 10.1. The van der Waals surface area contributed by atoms with Gasteiger partial charge in [-0.05, 0) is 43.9 Å². The first-order valence-corrected chi connectivity index (χ1v) is 7.59. The van der Waals surface area contributed by atoms with Crippen molar-refractivity contribution in [3.8, 4) is 11.5 Å². The van der Waals surface area contributed by atoms with Gasteiger partial charge in [0.15, 0.2) is 17.5 Å². The van der Waals surface area contributed by atoms with Crippen molar-refractivity contribution in [1.29, 1.82) is 0 Å². The second-order valence-electron chi connectivity index (χ2n) is 5.14. The Balaban J connectivity index is 2.01. The molecule has 116 valence electrons. The van der Waals surface area contributed by atoms with Crippen LogP contribution in [0, 0.1) is 0 Å². The maximum Gasteiger partial charge on any atom is 0.191 e. The molecule has 0 saturated carbocycles. The van der Waals surface area contributed by atoms with Crippen molar-refractivity contribution in [2.24, 2.45) is 10.7 Å². The monoisotopic (exact) mass is 291 g/mol. The third kappa shape index (κ3) is 4.28. The van der Waals surface area contributed by atoms with Crippen molar-refractivity contribution in [3.63, 3.8) is 0 Å². The van der Waals surface area contributed by atoms with Gasteiger partial charge < -0.3 is 20.1 Å². The van der Waals surface area contributed by atoms with E-state index in [9.17, 15) is 0 Å². The van der Waals surface area contributed by atoms with E-state index >= 15 is 0 Å². The summed E-state index contributed by atoms with van der Waals surface area (Å²) in [6, 6.07) is 5.88. The zero-order valence-corrected chi connectivity index (χ0v) is 13.0. The van der Waals surface area contributed by atoms with Gasteiger partial charge in [-0.15, -0.1) is 0 Å². The Morgan fingerprint density at radius 2 is 2.00 bits per heavy atom. The summed E-state index contributed by atoms with van der Waals surface area (Å²) in [5, 5.41) is 0. The van der Waals surface area contributed by atoms with Crippen LogP contribution in [-0.2, 0) is 6.54 Å².